The lowest BCUT2D eigenvalue weighted by Gasteiger charge is -2.08. The van der Waals surface area contributed by atoms with Crippen LogP contribution in [0.5, 0.6) is 0 Å². The molecule has 5 nitrogen and oxygen atoms in total. The van der Waals surface area contributed by atoms with Crippen LogP contribution >= 0.6 is 15.9 Å². The van der Waals surface area contributed by atoms with Crippen LogP contribution in [-0.4, -0.2) is 20.6 Å². The Bertz CT molecular complexity index is 581. The predicted octanol–water partition coefficient (Wildman–Crippen LogP) is 1.87. The first-order valence-corrected chi connectivity index (χ1v) is 5.39. The Morgan fingerprint density at radius 1 is 1.59 bits per heavy atom. The van der Waals surface area contributed by atoms with Crippen molar-refractivity contribution < 1.29 is 9.60 Å². The number of amidine groups is 1. The molecule has 0 fully saturated rings. The summed E-state index contributed by atoms with van der Waals surface area (Å²) in [5.74, 6) is -0.540. The molecule has 0 bridgehead atoms. The zero-order valence-electron chi connectivity index (χ0n) is 8.51. The van der Waals surface area contributed by atoms with Crippen LogP contribution in [0, 0.1) is 5.82 Å². The normalized spacial score (nSPS) is 11.8. The smallest absolute Gasteiger partial charge is 0.187 e. The second-order valence-electron chi connectivity index (χ2n) is 3.21. The largest absolute Gasteiger partial charge is 0.409 e. The summed E-state index contributed by atoms with van der Waals surface area (Å²) in [6.45, 7) is 0. The van der Waals surface area contributed by atoms with Crippen LogP contribution in [0.15, 0.2) is 40.2 Å². The summed E-state index contributed by atoms with van der Waals surface area (Å²) < 4.78 is 15.6. The molecule has 7 heteroatoms. The molecule has 0 saturated carbocycles. The van der Waals surface area contributed by atoms with Crippen LogP contribution in [0.25, 0.3) is 5.82 Å². The van der Waals surface area contributed by atoms with Gasteiger partial charge in [-0.3, -0.25) is 4.57 Å². The minimum Gasteiger partial charge on any atom is -0.409 e. The summed E-state index contributed by atoms with van der Waals surface area (Å²) in [4.78, 5) is 3.95. The lowest BCUT2D eigenvalue weighted by molar-refractivity contribution is 0.318. The monoisotopic (exact) mass is 298 g/mol. The maximum Gasteiger partial charge on any atom is 0.187 e. The van der Waals surface area contributed by atoms with E-state index in [4.69, 9.17) is 10.9 Å². The molecule has 0 atom stereocenters. The minimum atomic E-state index is -0.512. The molecular weight excluding hydrogens is 291 g/mol. The van der Waals surface area contributed by atoms with Crippen molar-refractivity contribution in [2.45, 2.75) is 0 Å². The van der Waals surface area contributed by atoms with Gasteiger partial charge in [0.15, 0.2) is 17.5 Å². The Morgan fingerprint density at radius 2 is 2.35 bits per heavy atom. The fraction of sp³-hybridized carbons (Fsp3) is 0. The van der Waals surface area contributed by atoms with E-state index in [2.05, 4.69) is 26.1 Å². The molecule has 0 saturated heterocycles. The van der Waals surface area contributed by atoms with Crippen molar-refractivity contribution in [2.24, 2.45) is 10.9 Å². The van der Waals surface area contributed by atoms with Crippen molar-refractivity contribution in [3.63, 3.8) is 0 Å². The fourth-order valence-electron chi connectivity index (χ4n) is 1.41. The van der Waals surface area contributed by atoms with Gasteiger partial charge in [0.25, 0.3) is 0 Å². The van der Waals surface area contributed by atoms with Gasteiger partial charge in [-0.05, 0) is 34.1 Å². The van der Waals surface area contributed by atoms with E-state index in [1.54, 1.807) is 18.3 Å². The van der Waals surface area contributed by atoms with E-state index >= 15 is 0 Å². The van der Waals surface area contributed by atoms with E-state index in [9.17, 15) is 4.39 Å². The van der Waals surface area contributed by atoms with E-state index < -0.39 is 5.82 Å². The summed E-state index contributed by atoms with van der Waals surface area (Å²) in [6.07, 6.45) is 3.04. The summed E-state index contributed by atoms with van der Waals surface area (Å²) in [5, 5.41) is 11.5. The zero-order chi connectivity index (χ0) is 12.4. The first-order valence-electron chi connectivity index (χ1n) is 4.60. The van der Waals surface area contributed by atoms with Crippen molar-refractivity contribution in [3.05, 3.63) is 46.6 Å². The van der Waals surface area contributed by atoms with Crippen LogP contribution in [0.4, 0.5) is 4.39 Å². The van der Waals surface area contributed by atoms with Crippen molar-refractivity contribution >= 4 is 21.8 Å². The van der Waals surface area contributed by atoms with Gasteiger partial charge in [-0.15, -0.1) is 0 Å². The predicted molar refractivity (Wildman–Crippen MR) is 63.7 cm³/mol. The van der Waals surface area contributed by atoms with Gasteiger partial charge in [-0.1, -0.05) is 5.16 Å². The third-order valence-corrected chi connectivity index (χ3v) is 2.57. The van der Waals surface area contributed by atoms with Gasteiger partial charge in [0.2, 0.25) is 0 Å². The maximum atomic E-state index is 13.7. The van der Waals surface area contributed by atoms with Crippen molar-refractivity contribution in [1.82, 2.24) is 9.55 Å². The van der Waals surface area contributed by atoms with Crippen molar-refractivity contribution in [2.75, 3.05) is 0 Å². The van der Waals surface area contributed by atoms with Crippen LogP contribution < -0.4 is 5.73 Å². The Hall–Kier alpha value is -1.89. The van der Waals surface area contributed by atoms with E-state index in [0.29, 0.717) is 10.2 Å². The number of oxime groups is 1. The average Bonchev–Trinajstić information content (AvgIpc) is 2.77. The van der Waals surface area contributed by atoms with Crippen LogP contribution in [0.1, 0.15) is 5.69 Å². The van der Waals surface area contributed by atoms with Crippen LogP contribution in [-0.2, 0) is 0 Å². The van der Waals surface area contributed by atoms with Crippen molar-refractivity contribution in [3.8, 4) is 5.82 Å². The highest BCUT2D eigenvalue weighted by molar-refractivity contribution is 9.10. The standard InChI is InChI=1S/C10H8BrFN4O/c11-6-4-7(12)10(14-5-6)16-3-1-2-8(16)9(13)15-17/h1-5,17H,(H2,13,15). The van der Waals surface area contributed by atoms with E-state index in [1.165, 1.54) is 16.8 Å². The SMILES string of the molecule is N/C(=N/O)c1cccn1-c1ncc(Br)cc1F. The number of halogens is 2. The average molecular weight is 299 g/mol. The molecule has 2 heterocycles. The van der Waals surface area contributed by atoms with Crippen LogP contribution in [0.3, 0.4) is 0 Å². The molecule has 2 aromatic heterocycles. The molecule has 2 rings (SSSR count). The molecule has 0 unspecified atom stereocenters. The summed E-state index contributed by atoms with van der Waals surface area (Å²) in [5.41, 5.74) is 5.84. The molecule has 0 aliphatic heterocycles. The third kappa shape index (κ3) is 2.14. The second-order valence-corrected chi connectivity index (χ2v) is 4.12. The van der Waals surface area contributed by atoms with Gasteiger partial charge >= 0.3 is 0 Å². The van der Waals surface area contributed by atoms with Gasteiger partial charge in [-0.2, -0.15) is 0 Å². The van der Waals surface area contributed by atoms with E-state index in [0.717, 1.165) is 0 Å². The molecule has 0 spiro atoms. The lowest BCUT2D eigenvalue weighted by atomic mass is 10.4. The molecule has 2 aromatic rings. The molecule has 0 aliphatic rings. The van der Waals surface area contributed by atoms with Gasteiger partial charge in [0, 0.05) is 16.9 Å². The van der Waals surface area contributed by atoms with E-state index in [1.807, 2.05) is 0 Å². The number of hydrogen-bond acceptors (Lipinski definition) is 3. The number of pyridine rings is 1. The Kier molecular flexibility index (Phi) is 3.10. The quantitative estimate of drug-likeness (QED) is 0.385. The molecular formula is C10H8BrFN4O. The molecule has 0 radical (unpaired) electrons. The fourth-order valence-corrected chi connectivity index (χ4v) is 1.71. The highest BCUT2D eigenvalue weighted by Gasteiger charge is 2.12. The Labute approximate surface area is 105 Å². The first-order chi connectivity index (χ1) is 8.13. The summed E-state index contributed by atoms with van der Waals surface area (Å²) in [7, 11) is 0. The number of nitrogens with zero attached hydrogens (tertiary/aromatic N) is 3. The first kappa shape index (κ1) is 11.6. The highest BCUT2D eigenvalue weighted by Crippen LogP contribution is 2.17. The minimum absolute atomic E-state index is 0.0831. The maximum absolute atomic E-state index is 13.7. The van der Waals surface area contributed by atoms with E-state index in [-0.39, 0.29) is 11.7 Å². The Morgan fingerprint density at radius 3 is 3.00 bits per heavy atom. The summed E-state index contributed by atoms with van der Waals surface area (Å²) >= 11 is 3.12. The number of hydrogen-bond donors (Lipinski definition) is 2. The topological polar surface area (TPSA) is 76.4 Å². The molecule has 17 heavy (non-hydrogen) atoms. The van der Waals surface area contributed by atoms with Crippen molar-refractivity contribution in [1.29, 1.82) is 0 Å². The highest BCUT2D eigenvalue weighted by atomic mass is 79.9. The Balaban J connectivity index is 2.58. The zero-order valence-corrected chi connectivity index (χ0v) is 10.1. The number of aromatic nitrogens is 2. The molecule has 0 amide bonds. The van der Waals surface area contributed by atoms with Gasteiger partial charge in [0.1, 0.15) is 0 Å². The number of nitrogens with two attached hydrogens (primary N) is 1. The summed E-state index contributed by atoms with van der Waals surface area (Å²) in [6, 6.07) is 4.53. The second kappa shape index (κ2) is 4.54. The van der Waals surface area contributed by atoms with Gasteiger partial charge in [-0.25, -0.2) is 9.37 Å². The molecule has 0 aromatic carbocycles. The molecule has 88 valence electrons. The molecule has 3 N–H and O–H groups in total. The number of rotatable bonds is 2. The third-order valence-electron chi connectivity index (χ3n) is 2.14. The van der Waals surface area contributed by atoms with Gasteiger partial charge in [0.05, 0.1) is 5.69 Å². The van der Waals surface area contributed by atoms with Gasteiger partial charge < -0.3 is 10.9 Å². The lowest BCUT2D eigenvalue weighted by Crippen LogP contribution is -2.18. The molecule has 0 aliphatic carbocycles. The van der Waals surface area contributed by atoms with Crippen LogP contribution in [0.2, 0.25) is 0 Å².